The summed E-state index contributed by atoms with van der Waals surface area (Å²) in [6.07, 6.45) is -1.91. The van der Waals surface area contributed by atoms with E-state index in [9.17, 15) is 24.0 Å². The number of benzene rings is 1. The van der Waals surface area contributed by atoms with Crippen LogP contribution in [0.3, 0.4) is 0 Å². The van der Waals surface area contributed by atoms with Gasteiger partial charge in [0.15, 0.2) is 12.7 Å². The van der Waals surface area contributed by atoms with Gasteiger partial charge >= 0.3 is 23.9 Å². The second-order valence-electron chi connectivity index (χ2n) is 9.11. The monoisotopic (exact) mass is 559 g/mol. The molecule has 0 amide bonds. The zero-order valence-electron chi connectivity index (χ0n) is 22.8. The van der Waals surface area contributed by atoms with Gasteiger partial charge in [0.2, 0.25) is 6.29 Å². The summed E-state index contributed by atoms with van der Waals surface area (Å²) in [5.41, 5.74) is 1.45. The summed E-state index contributed by atoms with van der Waals surface area (Å²) < 4.78 is 34.4. The normalized spacial score (nSPS) is 20.2. The van der Waals surface area contributed by atoms with E-state index in [1.165, 1.54) is 13.8 Å². The fourth-order valence-electron chi connectivity index (χ4n) is 4.10. The number of hydrogen-bond donors (Lipinski definition) is 0. The van der Waals surface area contributed by atoms with Gasteiger partial charge in [0.05, 0.1) is 13.0 Å². The molecule has 0 bridgehead atoms. The number of aromatic nitrogens is 1. The minimum Gasteiger partial charge on any atom is -0.464 e. The van der Waals surface area contributed by atoms with Crippen molar-refractivity contribution < 1.29 is 47.6 Å². The highest BCUT2D eigenvalue weighted by atomic mass is 16.7. The molecule has 0 radical (unpaired) electrons. The van der Waals surface area contributed by atoms with Crippen molar-refractivity contribution in [1.82, 2.24) is 4.57 Å². The van der Waals surface area contributed by atoms with E-state index in [2.05, 4.69) is 0 Å². The van der Waals surface area contributed by atoms with Crippen LogP contribution >= 0.6 is 0 Å². The van der Waals surface area contributed by atoms with Gasteiger partial charge in [-0.1, -0.05) is 25.1 Å². The second kappa shape index (κ2) is 14.3. The molecule has 0 saturated carbocycles. The molecule has 12 nitrogen and oxygen atoms in total. The Labute approximate surface area is 231 Å². The van der Waals surface area contributed by atoms with Gasteiger partial charge in [-0.25, -0.2) is 4.79 Å². The number of ether oxygens (including phenoxy) is 6. The highest BCUT2D eigenvalue weighted by Gasteiger charge is 2.45. The summed E-state index contributed by atoms with van der Waals surface area (Å²) in [4.78, 5) is 59.4. The lowest BCUT2D eigenvalue weighted by Gasteiger charge is -2.40. The molecule has 0 unspecified atom stereocenters. The molecule has 3 rings (SSSR count). The molecule has 1 aromatic heterocycles. The Morgan fingerprint density at radius 2 is 1.70 bits per heavy atom. The number of carbonyl (C=O) groups is 4. The van der Waals surface area contributed by atoms with E-state index >= 15 is 0 Å². The number of carbonyl (C=O) groups excluding carboxylic acids is 4. The van der Waals surface area contributed by atoms with Crippen LogP contribution in [-0.2, 0) is 55.8 Å². The van der Waals surface area contributed by atoms with Crippen molar-refractivity contribution in [1.29, 1.82) is 0 Å². The average Bonchev–Trinajstić information content (AvgIpc) is 2.89. The van der Waals surface area contributed by atoms with Crippen molar-refractivity contribution in [3.8, 4) is 5.75 Å². The standard InChI is InChI=1S/C28H33NO11/c1-5-20-10-11-29(25(33)12-20)14-21-8-6-7-9-22(21)39-27-13-23(38-26(34)16-36-18(3)31)28(37-19(4)32)24(40-27)15-35-17(2)30/h6-12,23-24,27-28H,5,13-16H2,1-4H3/t23-,24-,27-,28+/m1/s1. The van der Waals surface area contributed by atoms with Crippen LogP contribution in [0.4, 0.5) is 0 Å². The van der Waals surface area contributed by atoms with Crippen LogP contribution in [0.5, 0.6) is 5.75 Å². The van der Waals surface area contributed by atoms with Crippen molar-refractivity contribution in [2.45, 2.75) is 71.7 Å². The third-order valence-corrected chi connectivity index (χ3v) is 5.95. The van der Waals surface area contributed by atoms with Gasteiger partial charge in [-0.2, -0.15) is 0 Å². The molecule has 216 valence electrons. The third kappa shape index (κ3) is 8.94. The molecule has 1 aromatic carbocycles. The summed E-state index contributed by atoms with van der Waals surface area (Å²) in [6.45, 7) is 4.76. The largest absolute Gasteiger partial charge is 0.464 e. The van der Waals surface area contributed by atoms with Crippen LogP contribution < -0.4 is 10.3 Å². The van der Waals surface area contributed by atoms with Gasteiger partial charge in [-0.3, -0.25) is 19.2 Å². The van der Waals surface area contributed by atoms with Crippen LogP contribution in [-0.4, -0.2) is 66.3 Å². The van der Waals surface area contributed by atoms with Gasteiger partial charge in [-0.15, -0.1) is 0 Å². The average molecular weight is 560 g/mol. The number of para-hydroxylation sites is 1. The van der Waals surface area contributed by atoms with Crippen LogP contribution in [0, 0.1) is 0 Å². The van der Waals surface area contributed by atoms with E-state index in [1.54, 1.807) is 41.1 Å². The zero-order chi connectivity index (χ0) is 29.2. The van der Waals surface area contributed by atoms with Crippen LogP contribution in [0.1, 0.15) is 45.2 Å². The van der Waals surface area contributed by atoms with E-state index in [1.807, 2.05) is 13.0 Å². The summed E-state index contributed by atoms with van der Waals surface area (Å²) in [5.74, 6) is -2.41. The molecule has 1 saturated heterocycles. The summed E-state index contributed by atoms with van der Waals surface area (Å²) >= 11 is 0. The lowest BCUT2D eigenvalue weighted by Crippen LogP contribution is -2.55. The molecule has 1 aliphatic rings. The van der Waals surface area contributed by atoms with Gasteiger partial charge < -0.3 is 33.0 Å². The fraction of sp³-hybridized carbons (Fsp3) is 0.464. The Morgan fingerprint density at radius 1 is 0.975 bits per heavy atom. The molecule has 4 atom stereocenters. The fourth-order valence-corrected chi connectivity index (χ4v) is 4.10. The molecular weight excluding hydrogens is 526 g/mol. The van der Waals surface area contributed by atoms with Gasteiger partial charge in [0.1, 0.15) is 24.6 Å². The Morgan fingerprint density at radius 3 is 2.35 bits per heavy atom. The Hall–Kier alpha value is -4.19. The van der Waals surface area contributed by atoms with Crippen molar-refractivity contribution in [3.63, 3.8) is 0 Å². The first-order valence-corrected chi connectivity index (χ1v) is 12.8. The number of pyridine rings is 1. The van der Waals surface area contributed by atoms with E-state index < -0.39 is 55.1 Å². The first kappa shape index (κ1) is 30.4. The molecule has 40 heavy (non-hydrogen) atoms. The molecule has 2 aromatic rings. The van der Waals surface area contributed by atoms with Crippen LogP contribution in [0.25, 0.3) is 0 Å². The minimum absolute atomic E-state index is 0.0696. The molecule has 2 heterocycles. The maximum atomic E-state index is 12.6. The first-order valence-electron chi connectivity index (χ1n) is 12.8. The number of rotatable bonds is 11. The molecule has 1 aliphatic heterocycles. The molecule has 0 aliphatic carbocycles. The summed E-state index contributed by atoms with van der Waals surface area (Å²) in [5, 5.41) is 0. The van der Waals surface area contributed by atoms with Crippen LogP contribution in [0.2, 0.25) is 0 Å². The first-order chi connectivity index (χ1) is 19.0. The third-order valence-electron chi connectivity index (χ3n) is 5.95. The molecular formula is C28H33NO11. The lowest BCUT2D eigenvalue weighted by molar-refractivity contribution is -0.247. The van der Waals surface area contributed by atoms with E-state index in [0.29, 0.717) is 11.3 Å². The smallest absolute Gasteiger partial charge is 0.344 e. The molecule has 0 N–H and O–H groups in total. The van der Waals surface area contributed by atoms with Crippen molar-refractivity contribution in [2.75, 3.05) is 13.2 Å². The topological polar surface area (TPSA) is 146 Å². The summed E-state index contributed by atoms with van der Waals surface area (Å²) in [7, 11) is 0. The second-order valence-corrected chi connectivity index (χ2v) is 9.11. The highest BCUT2D eigenvalue weighted by Crippen LogP contribution is 2.30. The predicted molar refractivity (Wildman–Crippen MR) is 138 cm³/mol. The Balaban J connectivity index is 1.85. The molecule has 0 spiro atoms. The SMILES string of the molecule is CCc1ccn(Cc2ccccc2O[C@H]2C[C@@H](OC(=O)COC(C)=O)[C@H](OC(C)=O)[C@@H](COC(C)=O)O2)c(=O)c1. The van der Waals surface area contributed by atoms with Crippen molar-refractivity contribution >= 4 is 23.9 Å². The van der Waals surface area contributed by atoms with E-state index in [0.717, 1.165) is 18.9 Å². The maximum absolute atomic E-state index is 12.6. The summed E-state index contributed by atoms with van der Waals surface area (Å²) in [6, 6.07) is 10.5. The lowest BCUT2D eigenvalue weighted by atomic mass is 10.0. The van der Waals surface area contributed by atoms with Crippen molar-refractivity contribution in [2.24, 2.45) is 0 Å². The maximum Gasteiger partial charge on any atom is 0.344 e. The number of nitrogens with zero attached hydrogens (tertiary/aromatic N) is 1. The number of hydrogen-bond acceptors (Lipinski definition) is 11. The molecule has 1 fully saturated rings. The van der Waals surface area contributed by atoms with Crippen LogP contribution in [0.15, 0.2) is 47.4 Å². The van der Waals surface area contributed by atoms with Crippen molar-refractivity contribution in [3.05, 3.63) is 64.1 Å². The minimum atomic E-state index is -1.14. The van der Waals surface area contributed by atoms with Gasteiger partial charge in [0, 0.05) is 38.6 Å². The van der Waals surface area contributed by atoms with E-state index in [-0.39, 0.29) is 25.1 Å². The van der Waals surface area contributed by atoms with E-state index in [4.69, 9.17) is 28.4 Å². The Bertz CT molecular complexity index is 1270. The number of esters is 4. The van der Waals surface area contributed by atoms with Gasteiger partial charge in [-0.05, 0) is 24.1 Å². The molecule has 12 heteroatoms. The van der Waals surface area contributed by atoms with Gasteiger partial charge in [0.25, 0.3) is 5.56 Å². The highest BCUT2D eigenvalue weighted by molar-refractivity contribution is 5.75. The zero-order valence-corrected chi connectivity index (χ0v) is 22.8. The predicted octanol–water partition coefficient (Wildman–Crippen LogP) is 1.92. The quantitative estimate of drug-likeness (QED) is 0.294. The number of aryl methyl sites for hydroxylation is 1. The Kier molecular flexibility index (Phi) is 10.8.